The van der Waals surface area contributed by atoms with Crippen molar-refractivity contribution in [1.82, 2.24) is 4.98 Å². The van der Waals surface area contributed by atoms with Crippen LogP contribution >= 0.6 is 0 Å². The van der Waals surface area contributed by atoms with Gasteiger partial charge in [-0.1, -0.05) is 18.2 Å². The highest BCUT2D eigenvalue weighted by Gasteiger charge is 2.34. The van der Waals surface area contributed by atoms with E-state index in [1.807, 2.05) is 0 Å². The fraction of sp³-hybridized carbons (Fsp3) is 0.0588. The Hall–Kier alpha value is -3.09. The average Bonchev–Trinajstić information content (AvgIpc) is 3.04. The van der Waals surface area contributed by atoms with E-state index in [9.17, 15) is 18.0 Å². The smallest absolute Gasteiger partial charge is 0.417 e. The van der Waals surface area contributed by atoms with E-state index in [2.05, 4.69) is 4.98 Å². The van der Waals surface area contributed by atoms with Gasteiger partial charge in [-0.2, -0.15) is 13.2 Å². The Labute approximate surface area is 134 Å². The second kappa shape index (κ2) is 5.84. The monoisotopic (exact) mass is 333 g/mol. The van der Waals surface area contributed by atoms with Crippen LogP contribution in [0.15, 0.2) is 59.2 Å². The van der Waals surface area contributed by atoms with Crippen LogP contribution in [0.25, 0.3) is 22.7 Å². The summed E-state index contributed by atoms with van der Waals surface area (Å²) >= 11 is 0. The number of rotatable bonds is 3. The zero-order valence-electron chi connectivity index (χ0n) is 12.0. The maximum Gasteiger partial charge on any atom is 0.417 e. The quantitative estimate of drug-likeness (QED) is 0.753. The molecule has 0 amide bonds. The summed E-state index contributed by atoms with van der Waals surface area (Å²) < 4.78 is 44.5. The number of carbonyl (C=O) groups is 1. The van der Waals surface area contributed by atoms with Gasteiger partial charge in [-0.3, -0.25) is 0 Å². The molecule has 4 nitrogen and oxygen atoms in total. The average molecular weight is 333 g/mol. The zero-order chi connectivity index (χ0) is 17.3. The lowest BCUT2D eigenvalue weighted by Crippen LogP contribution is -2.06. The number of aromatic carboxylic acids is 1. The fourth-order valence-corrected chi connectivity index (χ4v) is 2.24. The Kier molecular flexibility index (Phi) is 3.84. The summed E-state index contributed by atoms with van der Waals surface area (Å²) in [5.74, 6) is -0.965. The van der Waals surface area contributed by atoms with Gasteiger partial charge >= 0.3 is 12.1 Å². The summed E-state index contributed by atoms with van der Waals surface area (Å²) in [7, 11) is 0. The first-order chi connectivity index (χ1) is 11.4. The van der Waals surface area contributed by atoms with Gasteiger partial charge in [0.15, 0.2) is 0 Å². The highest BCUT2D eigenvalue weighted by atomic mass is 19.4. The van der Waals surface area contributed by atoms with Crippen LogP contribution < -0.4 is 0 Å². The topological polar surface area (TPSA) is 63.3 Å². The van der Waals surface area contributed by atoms with Crippen molar-refractivity contribution < 1.29 is 27.5 Å². The molecule has 0 aliphatic rings. The first kappa shape index (κ1) is 15.8. The molecule has 122 valence electrons. The van der Waals surface area contributed by atoms with Gasteiger partial charge in [0.2, 0.25) is 5.89 Å². The van der Waals surface area contributed by atoms with E-state index in [-0.39, 0.29) is 22.7 Å². The minimum atomic E-state index is -4.50. The van der Waals surface area contributed by atoms with E-state index in [0.717, 1.165) is 12.3 Å². The molecule has 0 radical (unpaired) electrons. The predicted octanol–water partition coefficient (Wildman–Crippen LogP) is 4.73. The summed E-state index contributed by atoms with van der Waals surface area (Å²) in [4.78, 5) is 14.9. The van der Waals surface area contributed by atoms with Crippen molar-refractivity contribution in [3.63, 3.8) is 0 Å². The molecule has 24 heavy (non-hydrogen) atoms. The second-order valence-corrected chi connectivity index (χ2v) is 4.96. The van der Waals surface area contributed by atoms with Gasteiger partial charge in [-0.05, 0) is 30.3 Å². The molecular formula is C17H10F3NO3. The molecule has 0 aliphatic heterocycles. The van der Waals surface area contributed by atoms with Crippen molar-refractivity contribution in [3.8, 4) is 22.7 Å². The summed E-state index contributed by atoms with van der Waals surface area (Å²) in [5, 5.41) is 8.86. The molecule has 2 aromatic carbocycles. The third kappa shape index (κ3) is 3.01. The highest BCUT2D eigenvalue weighted by molar-refractivity contribution is 5.88. The van der Waals surface area contributed by atoms with E-state index < -0.39 is 17.7 Å². The van der Waals surface area contributed by atoms with Crippen LogP contribution in [0.2, 0.25) is 0 Å². The molecule has 1 heterocycles. The third-order valence-corrected chi connectivity index (χ3v) is 3.39. The van der Waals surface area contributed by atoms with E-state index in [1.54, 1.807) is 0 Å². The number of carboxylic acids is 1. The molecule has 3 rings (SSSR count). The number of hydrogen-bond acceptors (Lipinski definition) is 3. The number of aromatic nitrogens is 1. The lowest BCUT2D eigenvalue weighted by molar-refractivity contribution is -0.137. The van der Waals surface area contributed by atoms with E-state index in [4.69, 9.17) is 9.52 Å². The highest BCUT2D eigenvalue weighted by Crippen LogP contribution is 2.37. The van der Waals surface area contributed by atoms with E-state index in [0.29, 0.717) is 5.56 Å². The first-order valence-corrected chi connectivity index (χ1v) is 6.82. The molecule has 0 spiro atoms. The molecule has 7 heteroatoms. The molecule has 3 aromatic rings. The Morgan fingerprint density at radius 3 is 2.33 bits per heavy atom. The molecule has 0 saturated carbocycles. The van der Waals surface area contributed by atoms with Crippen LogP contribution in [-0.2, 0) is 6.18 Å². The minimum Gasteiger partial charge on any atom is -0.478 e. The maximum atomic E-state index is 13.1. The largest absolute Gasteiger partial charge is 0.478 e. The Morgan fingerprint density at radius 2 is 1.71 bits per heavy atom. The molecule has 0 aliphatic carbocycles. The number of nitrogens with zero attached hydrogens (tertiary/aromatic N) is 1. The molecule has 0 fully saturated rings. The molecule has 1 N–H and O–H groups in total. The standard InChI is InChI=1S/C17H10F3NO3/c18-17(19,20)13-4-2-1-3-12(13)14-9-24-15(21-14)10-5-7-11(8-6-10)16(22)23/h1-9H,(H,22,23). The number of benzene rings is 2. The van der Waals surface area contributed by atoms with Crippen molar-refractivity contribution in [2.75, 3.05) is 0 Å². The van der Waals surface area contributed by atoms with Crippen molar-refractivity contribution in [3.05, 3.63) is 65.9 Å². The van der Waals surface area contributed by atoms with Crippen LogP contribution in [0.1, 0.15) is 15.9 Å². The molecule has 1 aromatic heterocycles. The zero-order valence-corrected chi connectivity index (χ0v) is 12.0. The molecule has 0 saturated heterocycles. The molecule has 0 bridgehead atoms. The van der Waals surface area contributed by atoms with Crippen molar-refractivity contribution in [2.45, 2.75) is 6.18 Å². The fourth-order valence-electron chi connectivity index (χ4n) is 2.24. The first-order valence-electron chi connectivity index (χ1n) is 6.82. The summed E-state index contributed by atoms with van der Waals surface area (Å²) in [6.45, 7) is 0. The lowest BCUT2D eigenvalue weighted by atomic mass is 10.0. The van der Waals surface area contributed by atoms with Gasteiger partial charge in [0.25, 0.3) is 0 Å². The summed E-state index contributed by atoms with van der Waals surface area (Å²) in [6, 6.07) is 10.8. The van der Waals surface area contributed by atoms with Crippen LogP contribution in [0.3, 0.4) is 0 Å². The molecule has 0 unspecified atom stereocenters. The number of halogens is 3. The van der Waals surface area contributed by atoms with Gasteiger partial charge in [-0.15, -0.1) is 0 Å². The number of carboxylic acid groups (broad SMARTS) is 1. The van der Waals surface area contributed by atoms with Crippen LogP contribution in [0, 0.1) is 0 Å². The van der Waals surface area contributed by atoms with Gasteiger partial charge in [-0.25, -0.2) is 9.78 Å². The second-order valence-electron chi connectivity index (χ2n) is 4.96. The van der Waals surface area contributed by atoms with E-state index >= 15 is 0 Å². The van der Waals surface area contributed by atoms with Crippen LogP contribution in [0.5, 0.6) is 0 Å². The normalized spacial score (nSPS) is 11.5. The summed E-state index contributed by atoms with van der Waals surface area (Å²) in [5.41, 5.74) is -0.267. The van der Waals surface area contributed by atoms with Crippen molar-refractivity contribution >= 4 is 5.97 Å². The number of oxazole rings is 1. The van der Waals surface area contributed by atoms with Gasteiger partial charge in [0, 0.05) is 11.1 Å². The Balaban J connectivity index is 1.99. The van der Waals surface area contributed by atoms with Gasteiger partial charge in [0.1, 0.15) is 12.0 Å². The maximum absolute atomic E-state index is 13.1. The number of hydrogen-bond donors (Lipinski definition) is 1. The SMILES string of the molecule is O=C(O)c1ccc(-c2nc(-c3ccccc3C(F)(F)F)co2)cc1. The van der Waals surface area contributed by atoms with Crippen LogP contribution in [0.4, 0.5) is 13.2 Å². The van der Waals surface area contributed by atoms with Crippen LogP contribution in [-0.4, -0.2) is 16.1 Å². The van der Waals surface area contributed by atoms with Crippen molar-refractivity contribution in [2.24, 2.45) is 0 Å². The minimum absolute atomic E-state index is 0.0558. The predicted molar refractivity (Wildman–Crippen MR) is 79.3 cm³/mol. The van der Waals surface area contributed by atoms with Gasteiger partial charge in [0.05, 0.1) is 11.1 Å². The molecule has 0 atom stereocenters. The Bertz CT molecular complexity index is 883. The van der Waals surface area contributed by atoms with E-state index in [1.165, 1.54) is 42.5 Å². The summed E-state index contributed by atoms with van der Waals surface area (Å²) in [6.07, 6.45) is -3.36. The lowest BCUT2D eigenvalue weighted by Gasteiger charge is -2.10. The Morgan fingerprint density at radius 1 is 1.04 bits per heavy atom. The van der Waals surface area contributed by atoms with Gasteiger partial charge < -0.3 is 9.52 Å². The number of alkyl halides is 3. The third-order valence-electron chi connectivity index (χ3n) is 3.39. The molecular weight excluding hydrogens is 323 g/mol. The van der Waals surface area contributed by atoms with Crippen molar-refractivity contribution in [1.29, 1.82) is 0 Å².